The van der Waals surface area contributed by atoms with Crippen molar-refractivity contribution in [3.63, 3.8) is 0 Å². The highest BCUT2D eigenvalue weighted by atomic mass is 16.7. The summed E-state index contributed by atoms with van der Waals surface area (Å²) in [7, 11) is -0.215. The molecule has 2 atom stereocenters. The second-order valence-corrected chi connectivity index (χ2v) is 7.19. The van der Waals surface area contributed by atoms with E-state index in [0.29, 0.717) is 11.6 Å². The van der Waals surface area contributed by atoms with Crippen molar-refractivity contribution in [2.75, 3.05) is 0 Å². The van der Waals surface area contributed by atoms with E-state index in [9.17, 15) is 5.26 Å². The molecule has 5 heteroatoms. The molecular weight excluding hydrogens is 236 g/mol. The molecule has 19 heavy (non-hydrogen) atoms. The van der Waals surface area contributed by atoms with Gasteiger partial charge in [-0.15, -0.1) is 0 Å². The summed E-state index contributed by atoms with van der Waals surface area (Å²) in [5.41, 5.74) is 0.713. The molecule has 0 aromatic heterocycles. The topological polar surface area (TPSA) is 42.2 Å². The highest BCUT2D eigenvalue weighted by Crippen LogP contribution is 2.50. The fourth-order valence-corrected chi connectivity index (χ4v) is 3.55. The van der Waals surface area contributed by atoms with Crippen LogP contribution < -0.4 is 0 Å². The van der Waals surface area contributed by atoms with Crippen molar-refractivity contribution in [1.82, 2.24) is 0 Å². The van der Waals surface area contributed by atoms with Crippen molar-refractivity contribution in [2.45, 2.75) is 69.8 Å². The normalized spacial score (nSPS) is 35.2. The van der Waals surface area contributed by atoms with Gasteiger partial charge < -0.3 is 9.31 Å². The third-order valence-corrected chi connectivity index (χ3v) is 5.47. The molecule has 0 spiro atoms. The van der Waals surface area contributed by atoms with Gasteiger partial charge in [-0.1, -0.05) is 18.9 Å². The van der Waals surface area contributed by atoms with Gasteiger partial charge in [-0.05, 0) is 51.2 Å². The number of nitrogens with zero attached hydrogens (tertiary/aromatic N) is 1. The number of nitriles is 1. The molecule has 3 aliphatic heterocycles. The molecule has 3 aliphatic rings. The van der Waals surface area contributed by atoms with Crippen LogP contribution in [0.15, 0.2) is 11.5 Å². The van der Waals surface area contributed by atoms with Gasteiger partial charge in [-0.2, -0.15) is 0 Å². The fraction of sp³-hybridized carbons (Fsp3) is 0.786. The Kier molecular flexibility index (Phi) is 2.89. The predicted molar refractivity (Wildman–Crippen MR) is 76.9 cm³/mol. The smallest absolute Gasteiger partial charge is 0.400 e. The van der Waals surface area contributed by atoms with Crippen molar-refractivity contribution < 1.29 is 9.31 Å². The lowest BCUT2D eigenvalue weighted by Gasteiger charge is -2.32. The van der Waals surface area contributed by atoms with E-state index in [-0.39, 0.29) is 25.0 Å². The molecule has 3 rings (SSSR count). The third kappa shape index (κ3) is 1.97. The summed E-state index contributed by atoms with van der Waals surface area (Å²) < 4.78 is 12.2. The SMILES string of the molecule is CC1(C)OB(C2=CC3CC[C@@H](C2)B3C#N)OC1(C)C. The van der Waals surface area contributed by atoms with Crippen LogP contribution >= 0.6 is 0 Å². The van der Waals surface area contributed by atoms with E-state index in [4.69, 9.17) is 9.31 Å². The Morgan fingerprint density at radius 2 is 1.84 bits per heavy atom. The number of allylic oxidation sites excluding steroid dienone is 2. The van der Waals surface area contributed by atoms with Crippen molar-refractivity contribution in [3.8, 4) is 5.97 Å². The molecular formula is C14H21B2NO2. The van der Waals surface area contributed by atoms with Gasteiger partial charge in [0, 0.05) is 5.97 Å². The molecule has 2 fully saturated rings. The van der Waals surface area contributed by atoms with Crippen LogP contribution in [0.4, 0.5) is 0 Å². The number of hydrogen-bond acceptors (Lipinski definition) is 3. The fourth-order valence-electron chi connectivity index (χ4n) is 3.55. The third-order valence-electron chi connectivity index (χ3n) is 5.47. The molecule has 0 aromatic rings. The van der Waals surface area contributed by atoms with Crippen LogP contribution in [0.1, 0.15) is 47.0 Å². The average molecular weight is 257 g/mol. The number of rotatable bonds is 1. The van der Waals surface area contributed by atoms with E-state index in [1.807, 2.05) is 0 Å². The molecule has 2 saturated heterocycles. The summed E-state index contributed by atoms with van der Waals surface area (Å²) >= 11 is 0. The first-order chi connectivity index (χ1) is 8.84. The van der Waals surface area contributed by atoms with Crippen LogP contribution in [0.25, 0.3) is 0 Å². The summed E-state index contributed by atoms with van der Waals surface area (Å²) in [5, 5.41) is 9.25. The predicted octanol–water partition coefficient (Wildman–Crippen LogP) is 3.04. The summed E-state index contributed by atoms with van der Waals surface area (Å²) in [6, 6.07) is 0. The standard InChI is InChI=1S/C14H21B2NO2/c1-13(2)14(3,4)19-16(18-13)12-7-10-5-6-11(8-12)15(10)9-17/h7,10-11H,5-6,8H2,1-4H3/t10?,11-/m0/s1. The van der Waals surface area contributed by atoms with E-state index in [2.05, 4.69) is 39.7 Å². The van der Waals surface area contributed by atoms with Gasteiger partial charge >= 0.3 is 7.12 Å². The van der Waals surface area contributed by atoms with Crippen molar-refractivity contribution >= 4 is 13.8 Å². The Labute approximate surface area is 116 Å². The minimum atomic E-state index is -0.274. The van der Waals surface area contributed by atoms with Crippen molar-refractivity contribution in [2.24, 2.45) is 0 Å². The first kappa shape index (κ1) is 13.3. The first-order valence-electron chi connectivity index (χ1n) is 7.30. The Morgan fingerprint density at radius 3 is 2.37 bits per heavy atom. The second-order valence-electron chi connectivity index (χ2n) is 7.19. The maximum atomic E-state index is 9.25. The number of fused-ring (bicyclic) bond motifs is 2. The summed E-state index contributed by atoms with van der Waals surface area (Å²) in [6.45, 7) is 8.56. The molecule has 3 nitrogen and oxygen atoms in total. The summed E-state index contributed by atoms with van der Waals surface area (Å²) in [5.74, 6) is 3.41. The lowest BCUT2D eigenvalue weighted by atomic mass is 9.35. The van der Waals surface area contributed by atoms with Crippen molar-refractivity contribution in [1.29, 1.82) is 5.26 Å². The first-order valence-corrected chi connectivity index (χ1v) is 7.30. The zero-order chi connectivity index (χ0) is 13.8. The van der Waals surface area contributed by atoms with Crippen LogP contribution in [0.5, 0.6) is 0 Å². The molecule has 0 amide bonds. The van der Waals surface area contributed by atoms with Crippen LogP contribution in [0, 0.1) is 11.2 Å². The average Bonchev–Trinajstić information content (AvgIpc) is 2.68. The highest BCUT2D eigenvalue weighted by Gasteiger charge is 2.54. The maximum Gasteiger partial charge on any atom is 0.490 e. The molecule has 0 radical (unpaired) electrons. The Balaban J connectivity index is 1.82. The molecule has 3 heterocycles. The largest absolute Gasteiger partial charge is 0.490 e. The zero-order valence-electron chi connectivity index (χ0n) is 12.3. The Hall–Kier alpha value is -0.720. The quantitative estimate of drug-likeness (QED) is 0.678. The summed E-state index contributed by atoms with van der Waals surface area (Å²) in [4.78, 5) is 0. The van der Waals surface area contributed by atoms with E-state index in [1.54, 1.807) is 0 Å². The van der Waals surface area contributed by atoms with Gasteiger partial charge in [-0.3, -0.25) is 0 Å². The van der Waals surface area contributed by atoms with Crippen LogP contribution in [0.2, 0.25) is 11.6 Å². The van der Waals surface area contributed by atoms with E-state index < -0.39 is 0 Å². The molecule has 0 N–H and O–H groups in total. The van der Waals surface area contributed by atoms with Crippen LogP contribution in [-0.4, -0.2) is 25.0 Å². The molecule has 0 saturated carbocycles. The maximum absolute atomic E-state index is 9.25. The zero-order valence-corrected chi connectivity index (χ0v) is 12.3. The van der Waals surface area contributed by atoms with E-state index in [0.717, 1.165) is 12.8 Å². The monoisotopic (exact) mass is 257 g/mol. The number of hydrogen-bond donors (Lipinski definition) is 0. The minimum absolute atomic E-state index is 0.214. The van der Waals surface area contributed by atoms with Gasteiger partial charge in [0.2, 0.25) is 0 Å². The summed E-state index contributed by atoms with van der Waals surface area (Å²) in [6.07, 6.45) is 5.54. The van der Waals surface area contributed by atoms with Gasteiger partial charge in [0.1, 0.15) is 0 Å². The van der Waals surface area contributed by atoms with E-state index in [1.165, 1.54) is 11.9 Å². The van der Waals surface area contributed by atoms with Crippen LogP contribution in [0.3, 0.4) is 0 Å². The van der Waals surface area contributed by atoms with Gasteiger partial charge in [0.05, 0.1) is 11.2 Å². The lowest BCUT2D eigenvalue weighted by molar-refractivity contribution is 0.00578. The van der Waals surface area contributed by atoms with Gasteiger partial charge in [-0.25, -0.2) is 5.26 Å². The van der Waals surface area contributed by atoms with E-state index >= 15 is 0 Å². The van der Waals surface area contributed by atoms with Crippen LogP contribution in [-0.2, 0) is 9.31 Å². The lowest BCUT2D eigenvalue weighted by Crippen LogP contribution is -2.41. The minimum Gasteiger partial charge on any atom is -0.400 e. The van der Waals surface area contributed by atoms with Gasteiger partial charge in [0.15, 0.2) is 0 Å². The Bertz CT molecular complexity index is 451. The molecule has 1 unspecified atom stereocenters. The molecule has 0 aliphatic carbocycles. The molecule has 2 bridgehead atoms. The Morgan fingerprint density at radius 1 is 1.21 bits per heavy atom. The molecule has 100 valence electrons. The molecule has 0 aromatic carbocycles. The second kappa shape index (κ2) is 4.14. The highest BCUT2D eigenvalue weighted by molar-refractivity contribution is 6.72. The van der Waals surface area contributed by atoms with Gasteiger partial charge in [0.25, 0.3) is 6.71 Å². The van der Waals surface area contributed by atoms with Crippen molar-refractivity contribution in [3.05, 3.63) is 11.5 Å².